The van der Waals surface area contributed by atoms with Crippen LogP contribution in [-0.4, -0.2) is 0 Å². The van der Waals surface area contributed by atoms with Gasteiger partial charge in [-0.05, 0) is 0 Å². The molecule has 0 aliphatic rings. The molecule has 2 heteroatoms. The Morgan fingerprint density at radius 1 is 1.00 bits per heavy atom. The zero-order valence-electron chi connectivity index (χ0n) is 2.17. The van der Waals surface area contributed by atoms with E-state index in [4.69, 9.17) is 0 Å². The van der Waals surface area contributed by atoms with Gasteiger partial charge in [-0.1, -0.05) is 0 Å². The SMILES string of the molecule is BrBr.C=C. The topological polar surface area (TPSA) is 0 Å². The van der Waals surface area contributed by atoms with Crippen LogP contribution in [0.5, 0.6) is 0 Å². The monoisotopic (exact) mass is 186 g/mol. The number of hydrogen-bond donors (Lipinski definition) is 0. The lowest BCUT2D eigenvalue weighted by atomic mass is 11.3. The maximum atomic E-state index is 3.00. The molecule has 0 atom stereocenters. The van der Waals surface area contributed by atoms with Crippen LogP contribution in [0.3, 0.4) is 0 Å². The first-order chi connectivity index (χ1) is 2.00. The van der Waals surface area contributed by atoms with Crippen LogP contribution in [0.4, 0.5) is 0 Å². The highest BCUT2D eigenvalue weighted by atomic mass is 80.9. The van der Waals surface area contributed by atoms with Gasteiger partial charge in [0.1, 0.15) is 0 Å². The fourth-order valence-corrected chi connectivity index (χ4v) is 0. The molecular weight excluding hydrogens is 184 g/mol. The van der Waals surface area contributed by atoms with Gasteiger partial charge in [-0.15, -0.1) is 13.2 Å². The molecule has 0 aliphatic carbocycles. The quantitative estimate of drug-likeness (QED) is 0.512. The average Bonchev–Trinajstić information content (AvgIpc) is 1.50. The van der Waals surface area contributed by atoms with E-state index in [1.807, 2.05) is 0 Å². The third-order valence-corrected chi connectivity index (χ3v) is 0. The van der Waals surface area contributed by atoms with Gasteiger partial charge in [-0.25, -0.2) is 0 Å². The summed E-state index contributed by atoms with van der Waals surface area (Å²) in [5.41, 5.74) is 0. The van der Waals surface area contributed by atoms with Gasteiger partial charge in [0.25, 0.3) is 0 Å². The Hall–Kier alpha value is 0.700. The van der Waals surface area contributed by atoms with E-state index in [0.717, 1.165) is 0 Å². The maximum absolute atomic E-state index is 3.00. The van der Waals surface area contributed by atoms with Gasteiger partial charge in [0.05, 0.1) is 0 Å². The second kappa shape index (κ2) is 55.0. The van der Waals surface area contributed by atoms with Crippen LogP contribution in [-0.2, 0) is 0 Å². The predicted molar refractivity (Wildman–Crippen MR) is 29.1 cm³/mol. The number of hydrogen-bond acceptors (Lipinski definition) is 0. The minimum Gasteiger partial charge on any atom is -0.106 e. The molecule has 0 unspecified atom stereocenters. The summed E-state index contributed by atoms with van der Waals surface area (Å²) in [5.74, 6) is 0. The standard InChI is InChI=1S/C2H4.Br2/c2*1-2/h1-2H2;. The first-order valence-corrected chi connectivity index (χ1v) is 4.36. The van der Waals surface area contributed by atoms with Crippen molar-refractivity contribution in [3.63, 3.8) is 0 Å². The van der Waals surface area contributed by atoms with E-state index in [-0.39, 0.29) is 0 Å². The minimum atomic E-state index is 2.75. The fraction of sp³-hybridized carbons (Fsp3) is 0. The van der Waals surface area contributed by atoms with E-state index in [9.17, 15) is 0 Å². The Morgan fingerprint density at radius 3 is 1.00 bits per heavy atom. The van der Waals surface area contributed by atoms with Gasteiger partial charge in [-0.2, -0.15) is 0 Å². The largest absolute Gasteiger partial charge is 0.106 e. The Labute approximate surface area is 41.7 Å². The lowest BCUT2D eigenvalue weighted by Crippen LogP contribution is -0.552. The molecular formula is C2H4Br2. The first-order valence-electron chi connectivity index (χ1n) is 0.643. The van der Waals surface area contributed by atoms with Crippen molar-refractivity contribution in [3.05, 3.63) is 13.2 Å². The highest BCUT2D eigenvalue weighted by Gasteiger charge is 1.00. The molecule has 0 amide bonds. The second-order valence-corrected chi connectivity index (χ2v) is 0. The van der Waals surface area contributed by atoms with E-state index in [1.165, 1.54) is 0 Å². The van der Waals surface area contributed by atoms with E-state index >= 15 is 0 Å². The van der Waals surface area contributed by atoms with Crippen molar-refractivity contribution in [3.8, 4) is 0 Å². The van der Waals surface area contributed by atoms with Crippen LogP contribution in [0.25, 0.3) is 0 Å². The molecule has 0 spiro atoms. The summed E-state index contributed by atoms with van der Waals surface area (Å²) in [6.45, 7) is 6.00. The molecule has 0 aliphatic heterocycles. The normalized spacial score (nSPS) is 2.50. The van der Waals surface area contributed by atoms with Crippen LogP contribution in [0.2, 0.25) is 0 Å². The van der Waals surface area contributed by atoms with Crippen molar-refractivity contribution in [2.45, 2.75) is 0 Å². The third-order valence-electron chi connectivity index (χ3n) is 0. The summed E-state index contributed by atoms with van der Waals surface area (Å²) in [6.07, 6.45) is 0. The molecule has 0 rings (SSSR count). The Balaban J connectivity index is 0. The van der Waals surface area contributed by atoms with Gasteiger partial charge >= 0.3 is 0 Å². The second-order valence-electron chi connectivity index (χ2n) is 0. The van der Waals surface area contributed by atoms with Crippen LogP contribution in [0.1, 0.15) is 0 Å². The van der Waals surface area contributed by atoms with E-state index in [2.05, 4.69) is 41.4 Å². The zero-order chi connectivity index (χ0) is 4.00. The van der Waals surface area contributed by atoms with E-state index < -0.39 is 0 Å². The van der Waals surface area contributed by atoms with Crippen molar-refractivity contribution in [1.82, 2.24) is 0 Å². The fourth-order valence-electron chi connectivity index (χ4n) is 0. The molecule has 0 saturated heterocycles. The lowest BCUT2D eigenvalue weighted by molar-refractivity contribution is 2.81. The van der Waals surface area contributed by atoms with E-state index in [1.54, 1.807) is 0 Å². The lowest BCUT2D eigenvalue weighted by Gasteiger charge is -1.00. The maximum Gasteiger partial charge on any atom is 0 e. The molecule has 0 radical (unpaired) electrons. The van der Waals surface area contributed by atoms with Gasteiger partial charge in [-0.3, -0.25) is 0 Å². The molecule has 0 saturated carbocycles. The highest BCUT2D eigenvalue weighted by Crippen LogP contribution is 1.85. The van der Waals surface area contributed by atoms with Crippen LogP contribution >= 0.6 is 28.3 Å². The van der Waals surface area contributed by atoms with Crippen molar-refractivity contribution < 1.29 is 0 Å². The molecule has 0 fully saturated rings. The predicted octanol–water partition coefficient (Wildman–Crippen LogP) is 2.49. The Bertz CT molecular complexity index is 4.00. The smallest absolute Gasteiger partial charge is 0 e. The highest BCUT2D eigenvalue weighted by molar-refractivity contribution is 9.93. The van der Waals surface area contributed by atoms with Gasteiger partial charge in [0.2, 0.25) is 0 Å². The Morgan fingerprint density at radius 2 is 1.00 bits per heavy atom. The van der Waals surface area contributed by atoms with Crippen molar-refractivity contribution in [2.75, 3.05) is 0 Å². The van der Waals surface area contributed by atoms with Crippen molar-refractivity contribution in [2.24, 2.45) is 0 Å². The van der Waals surface area contributed by atoms with Gasteiger partial charge in [0, 0.05) is 28.3 Å². The van der Waals surface area contributed by atoms with Crippen molar-refractivity contribution >= 4 is 28.3 Å². The molecule has 0 heterocycles. The molecule has 4 heavy (non-hydrogen) atoms. The summed E-state index contributed by atoms with van der Waals surface area (Å²) < 4.78 is 0. The van der Waals surface area contributed by atoms with Crippen LogP contribution in [0, 0.1) is 0 Å². The molecule has 0 aromatic rings. The third kappa shape index (κ3) is 15.9. The molecule has 0 aromatic carbocycles. The van der Waals surface area contributed by atoms with Crippen LogP contribution < -0.4 is 0 Å². The Kier molecular flexibility index (Phi) is 121. The van der Waals surface area contributed by atoms with Crippen molar-refractivity contribution in [1.29, 1.82) is 0 Å². The zero-order valence-corrected chi connectivity index (χ0v) is 5.34. The van der Waals surface area contributed by atoms with Crippen LogP contribution in [0.15, 0.2) is 13.2 Å². The number of halogens is 2. The minimum absolute atomic E-state index is 2.75. The summed E-state index contributed by atoms with van der Waals surface area (Å²) in [5, 5.41) is 0. The molecule has 0 bridgehead atoms. The first kappa shape index (κ1) is 8.83. The summed E-state index contributed by atoms with van der Waals surface area (Å²) in [6, 6.07) is 0. The van der Waals surface area contributed by atoms with E-state index in [0.29, 0.717) is 0 Å². The molecule has 0 aromatic heterocycles. The molecule has 0 N–H and O–H groups in total. The molecule has 26 valence electrons. The average molecular weight is 188 g/mol. The number of rotatable bonds is 0. The van der Waals surface area contributed by atoms with Gasteiger partial charge in [0.15, 0.2) is 0 Å². The molecule has 0 nitrogen and oxygen atoms in total. The summed E-state index contributed by atoms with van der Waals surface area (Å²) >= 11 is 5.50. The summed E-state index contributed by atoms with van der Waals surface area (Å²) in [4.78, 5) is 0. The van der Waals surface area contributed by atoms with Gasteiger partial charge < -0.3 is 0 Å². The summed E-state index contributed by atoms with van der Waals surface area (Å²) in [7, 11) is 0.